The Labute approximate surface area is 131 Å². The molecule has 1 amide bonds. The largest absolute Gasteiger partial charge is 0.506 e. The van der Waals surface area contributed by atoms with E-state index in [1.807, 2.05) is 19.1 Å². The number of amides is 1. The molecule has 0 bridgehead atoms. The lowest BCUT2D eigenvalue weighted by Gasteiger charge is -2.38. The van der Waals surface area contributed by atoms with Crippen molar-refractivity contribution in [3.8, 4) is 5.75 Å². The number of nitrogens with zero attached hydrogens (tertiary/aromatic N) is 2. The summed E-state index contributed by atoms with van der Waals surface area (Å²) in [4.78, 5) is 16.9. The van der Waals surface area contributed by atoms with Gasteiger partial charge in [0.2, 0.25) is 5.91 Å². The number of ether oxygens (including phenoxy) is 1. The van der Waals surface area contributed by atoms with Gasteiger partial charge in [0.15, 0.2) is 0 Å². The van der Waals surface area contributed by atoms with Crippen LogP contribution in [0.1, 0.15) is 31.7 Å². The van der Waals surface area contributed by atoms with Crippen molar-refractivity contribution in [2.45, 2.75) is 32.2 Å². The quantitative estimate of drug-likeness (QED) is 0.907. The molecular formula is C17H24N2O3. The van der Waals surface area contributed by atoms with Crippen LogP contribution in [-0.4, -0.2) is 54.8 Å². The summed E-state index contributed by atoms with van der Waals surface area (Å²) >= 11 is 0. The summed E-state index contributed by atoms with van der Waals surface area (Å²) in [7, 11) is 0. The Morgan fingerprint density at radius 3 is 2.77 bits per heavy atom. The molecule has 1 N–H and O–H groups in total. The number of carbonyl (C=O) groups is 1. The predicted octanol–water partition coefficient (Wildman–Crippen LogP) is 1.95. The summed E-state index contributed by atoms with van der Waals surface area (Å²) < 4.78 is 5.36. The summed E-state index contributed by atoms with van der Waals surface area (Å²) in [5, 5.41) is 10.3. The van der Waals surface area contributed by atoms with E-state index < -0.39 is 0 Å². The van der Waals surface area contributed by atoms with Gasteiger partial charge >= 0.3 is 0 Å². The Hall–Kier alpha value is -1.59. The van der Waals surface area contributed by atoms with Gasteiger partial charge in [-0.3, -0.25) is 9.69 Å². The molecule has 2 aliphatic rings. The maximum atomic E-state index is 13.0. The first-order valence-corrected chi connectivity index (χ1v) is 8.04. The first-order chi connectivity index (χ1) is 10.6. The average Bonchev–Trinajstić information content (AvgIpc) is 2.55. The lowest BCUT2D eigenvalue weighted by atomic mass is 9.90. The SMILES string of the molecule is CC1CCN(C(=O)C(C)N2CCOCC2)c2c(O)cccc21. The van der Waals surface area contributed by atoms with E-state index in [9.17, 15) is 9.90 Å². The maximum Gasteiger partial charge on any atom is 0.244 e. The van der Waals surface area contributed by atoms with E-state index in [1.54, 1.807) is 11.0 Å². The molecular weight excluding hydrogens is 280 g/mol. The van der Waals surface area contributed by atoms with Crippen LogP contribution in [0.2, 0.25) is 0 Å². The van der Waals surface area contributed by atoms with Crippen LogP contribution in [0.3, 0.4) is 0 Å². The van der Waals surface area contributed by atoms with Crippen LogP contribution in [-0.2, 0) is 9.53 Å². The zero-order chi connectivity index (χ0) is 15.7. The molecule has 1 saturated heterocycles. The van der Waals surface area contributed by atoms with Crippen LogP contribution in [0.4, 0.5) is 5.69 Å². The van der Waals surface area contributed by atoms with E-state index in [1.165, 1.54) is 0 Å². The third-order valence-electron chi connectivity index (χ3n) is 4.85. The van der Waals surface area contributed by atoms with Gasteiger partial charge in [0.1, 0.15) is 5.75 Å². The van der Waals surface area contributed by atoms with Gasteiger partial charge in [0, 0.05) is 19.6 Å². The standard InChI is InChI=1S/C17H24N2O3/c1-12-6-7-19(16-14(12)4-3-5-15(16)20)17(21)13(2)18-8-10-22-11-9-18/h3-5,12-13,20H,6-11H2,1-2H3. The van der Waals surface area contributed by atoms with Crippen molar-refractivity contribution >= 4 is 11.6 Å². The van der Waals surface area contributed by atoms with Crippen LogP contribution < -0.4 is 4.90 Å². The minimum absolute atomic E-state index is 0.0663. The van der Waals surface area contributed by atoms with Crippen molar-refractivity contribution in [1.29, 1.82) is 0 Å². The van der Waals surface area contributed by atoms with Crippen molar-refractivity contribution in [1.82, 2.24) is 4.90 Å². The highest BCUT2D eigenvalue weighted by Gasteiger charge is 2.33. The van der Waals surface area contributed by atoms with E-state index >= 15 is 0 Å². The van der Waals surface area contributed by atoms with Gasteiger partial charge in [0.05, 0.1) is 24.9 Å². The zero-order valence-corrected chi connectivity index (χ0v) is 13.3. The smallest absolute Gasteiger partial charge is 0.244 e. The first kappa shape index (κ1) is 15.3. The lowest BCUT2D eigenvalue weighted by molar-refractivity contribution is -0.125. The van der Waals surface area contributed by atoms with Crippen molar-refractivity contribution in [2.75, 3.05) is 37.7 Å². The third-order valence-corrected chi connectivity index (χ3v) is 4.85. The predicted molar refractivity (Wildman–Crippen MR) is 85.3 cm³/mol. The number of fused-ring (bicyclic) bond motifs is 1. The fraction of sp³-hybridized carbons (Fsp3) is 0.588. The van der Waals surface area contributed by atoms with Crippen LogP contribution in [0.5, 0.6) is 5.75 Å². The minimum Gasteiger partial charge on any atom is -0.506 e. The average molecular weight is 304 g/mol. The summed E-state index contributed by atoms with van der Waals surface area (Å²) in [6, 6.07) is 5.34. The number of rotatable bonds is 2. The maximum absolute atomic E-state index is 13.0. The van der Waals surface area contributed by atoms with E-state index in [0.717, 1.165) is 25.1 Å². The molecule has 0 aliphatic carbocycles. The Bertz CT molecular complexity index is 555. The Balaban J connectivity index is 1.86. The fourth-order valence-electron chi connectivity index (χ4n) is 3.40. The van der Waals surface area contributed by atoms with Crippen LogP contribution in [0.15, 0.2) is 18.2 Å². The second-order valence-electron chi connectivity index (χ2n) is 6.22. The summed E-state index contributed by atoms with van der Waals surface area (Å²) in [6.45, 7) is 7.68. The monoisotopic (exact) mass is 304 g/mol. The molecule has 0 radical (unpaired) electrons. The molecule has 2 unspecified atom stereocenters. The molecule has 0 spiro atoms. The molecule has 1 fully saturated rings. The molecule has 2 atom stereocenters. The Morgan fingerprint density at radius 2 is 2.05 bits per heavy atom. The van der Waals surface area contributed by atoms with Crippen LogP contribution >= 0.6 is 0 Å². The highest BCUT2D eigenvalue weighted by molar-refractivity contribution is 5.99. The number of phenols is 1. The van der Waals surface area contributed by atoms with Gasteiger partial charge in [-0.15, -0.1) is 0 Å². The third kappa shape index (κ3) is 2.71. The molecule has 1 aromatic rings. The molecule has 5 heteroatoms. The van der Waals surface area contributed by atoms with E-state index in [0.29, 0.717) is 31.4 Å². The lowest BCUT2D eigenvalue weighted by Crippen LogP contribution is -2.52. The number of carbonyl (C=O) groups excluding carboxylic acids is 1. The number of anilines is 1. The molecule has 120 valence electrons. The van der Waals surface area contributed by atoms with E-state index in [2.05, 4.69) is 11.8 Å². The minimum atomic E-state index is -0.190. The van der Waals surface area contributed by atoms with Crippen LogP contribution in [0, 0.1) is 0 Å². The van der Waals surface area contributed by atoms with Crippen LogP contribution in [0.25, 0.3) is 0 Å². The van der Waals surface area contributed by atoms with Gasteiger partial charge < -0.3 is 14.7 Å². The first-order valence-electron chi connectivity index (χ1n) is 8.04. The number of phenolic OH excluding ortho intramolecular Hbond substituents is 1. The molecule has 22 heavy (non-hydrogen) atoms. The highest BCUT2D eigenvalue weighted by Crippen LogP contribution is 2.41. The topological polar surface area (TPSA) is 53.0 Å². The Morgan fingerprint density at radius 1 is 1.32 bits per heavy atom. The van der Waals surface area contributed by atoms with Gasteiger partial charge in [-0.05, 0) is 30.9 Å². The molecule has 0 saturated carbocycles. The van der Waals surface area contributed by atoms with Crippen molar-refractivity contribution in [3.63, 3.8) is 0 Å². The normalized spacial score (nSPS) is 23.9. The van der Waals surface area contributed by atoms with E-state index in [4.69, 9.17) is 4.74 Å². The number of para-hydroxylation sites is 1. The Kier molecular flexibility index (Phi) is 4.36. The van der Waals surface area contributed by atoms with Crippen molar-refractivity contribution in [3.05, 3.63) is 23.8 Å². The number of hydrogen-bond acceptors (Lipinski definition) is 4. The van der Waals surface area contributed by atoms with Crippen molar-refractivity contribution < 1.29 is 14.6 Å². The van der Waals surface area contributed by atoms with Gasteiger partial charge in [-0.1, -0.05) is 19.1 Å². The van der Waals surface area contributed by atoms with Gasteiger partial charge in [0.25, 0.3) is 0 Å². The van der Waals surface area contributed by atoms with Crippen molar-refractivity contribution in [2.24, 2.45) is 0 Å². The number of morpholine rings is 1. The molecule has 5 nitrogen and oxygen atoms in total. The molecule has 2 aliphatic heterocycles. The number of hydrogen-bond donors (Lipinski definition) is 1. The fourth-order valence-corrected chi connectivity index (χ4v) is 3.40. The summed E-state index contributed by atoms with van der Waals surface area (Å²) in [6.07, 6.45) is 0.929. The highest BCUT2D eigenvalue weighted by atomic mass is 16.5. The molecule has 0 aromatic heterocycles. The van der Waals surface area contributed by atoms with Gasteiger partial charge in [-0.2, -0.15) is 0 Å². The van der Waals surface area contributed by atoms with Gasteiger partial charge in [-0.25, -0.2) is 0 Å². The summed E-state index contributed by atoms with van der Waals surface area (Å²) in [5.41, 5.74) is 1.76. The molecule has 3 rings (SSSR count). The number of aromatic hydroxyl groups is 1. The second-order valence-corrected chi connectivity index (χ2v) is 6.22. The van der Waals surface area contributed by atoms with E-state index in [-0.39, 0.29) is 17.7 Å². The molecule has 2 heterocycles. The zero-order valence-electron chi connectivity index (χ0n) is 13.3. The second kappa shape index (κ2) is 6.26. The molecule has 1 aromatic carbocycles. The number of benzene rings is 1. The summed E-state index contributed by atoms with van der Waals surface area (Å²) in [5.74, 6) is 0.632.